The molecule has 0 atom stereocenters. The SMILES string of the molecule is [N-]=[N+]=NCc1cc(I)cc(CN)c1. The van der Waals surface area contributed by atoms with Crippen molar-refractivity contribution in [3.05, 3.63) is 43.3 Å². The van der Waals surface area contributed by atoms with Gasteiger partial charge in [-0.1, -0.05) is 11.2 Å². The van der Waals surface area contributed by atoms with Crippen LogP contribution in [-0.2, 0) is 13.1 Å². The third-order valence-corrected chi connectivity index (χ3v) is 2.19. The van der Waals surface area contributed by atoms with Crippen LogP contribution in [0.5, 0.6) is 0 Å². The summed E-state index contributed by atoms with van der Waals surface area (Å²) in [5.74, 6) is 0. The third kappa shape index (κ3) is 3.22. The van der Waals surface area contributed by atoms with Crippen LogP contribution in [0.15, 0.2) is 23.3 Å². The molecule has 0 fully saturated rings. The van der Waals surface area contributed by atoms with Crippen LogP contribution in [0.2, 0.25) is 0 Å². The zero-order valence-corrected chi connectivity index (χ0v) is 9.10. The van der Waals surface area contributed by atoms with Gasteiger partial charge in [-0.25, -0.2) is 0 Å². The first-order valence-corrected chi connectivity index (χ1v) is 4.83. The number of hydrogen-bond acceptors (Lipinski definition) is 2. The molecule has 0 saturated heterocycles. The Morgan fingerprint density at radius 1 is 1.38 bits per heavy atom. The van der Waals surface area contributed by atoms with E-state index < -0.39 is 0 Å². The minimum Gasteiger partial charge on any atom is -0.326 e. The monoisotopic (exact) mass is 288 g/mol. The average molecular weight is 288 g/mol. The van der Waals surface area contributed by atoms with Gasteiger partial charge in [0.15, 0.2) is 0 Å². The fraction of sp³-hybridized carbons (Fsp3) is 0.250. The Morgan fingerprint density at radius 2 is 2.08 bits per heavy atom. The van der Waals surface area contributed by atoms with Crippen LogP contribution in [0.25, 0.3) is 10.4 Å². The van der Waals surface area contributed by atoms with Gasteiger partial charge in [0.05, 0.1) is 6.54 Å². The molecule has 0 unspecified atom stereocenters. The smallest absolute Gasteiger partial charge is 0.0511 e. The standard InChI is InChI=1S/C8H9IN4/c9-8-2-6(4-10)1-7(3-8)5-12-13-11/h1-3H,4-5,10H2. The quantitative estimate of drug-likeness (QED) is 0.394. The van der Waals surface area contributed by atoms with Crippen molar-refractivity contribution in [1.29, 1.82) is 0 Å². The van der Waals surface area contributed by atoms with Crippen molar-refractivity contribution in [3.63, 3.8) is 0 Å². The Bertz CT molecular complexity index is 344. The molecule has 0 aliphatic heterocycles. The second-order valence-electron chi connectivity index (χ2n) is 2.56. The van der Waals surface area contributed by atoms with Crippen molar-refractivity contribution in [1.82, 2.24) is 0 Å². The van der Waals surface area contributed by atoms with Crippen LogP contribution in [0.4, 0.5) is 0 Å². The maximum atomic E-state index is 8.16. The van der Waals surface area contributed by atoms with E-state index in [2.05, 4.69) is 32.6 Å². The Morgan fingerprint density at radius 3 is 2.69 bits per heavy atom. The maximum absolute atomic E-state index is 8.16. The second kappa shape index (κ2) is 5.06. The van der Waals surface area contributed by atoms with Gasteiger partial charge < -0.3 is 5.73 Å². The molecule has 0 amide bonds. The zero-order chi connectivity index (χ0) is 9.68. The number of hydrogen-bond donors (Lipinski definition) is 1. The van der Waals surface area contributed by atoms with Crippen LogP contribution in [-0.4, -0.2) is 0 Å². The zero-order valence-electron chi connectivity index (χ0n) is 6.94. The van der Waals surface area contributed by atoms with Gasteiger partial charge in [0.1, 0.15) is 0 Å². The first-order valence-electron chi connectivity index (χ1n) is 3.75. The normalized spacial score (nSPS) is 9.38. The van der Waals surface area contributed by atoms with E-state index in [4.69, 9.17) is 11.3 Å². The molecule has 68 valence electrons. The highest BCUT2D eigenvalue weighted by molar-refractivity contribution is 14.1. The number of halogens is 1. The molecule has 4 nitrogen and oxygen atoms in total. The minimum atomic E-state index is 0.389. The van der Waals surface area contributed by atoms with Gasteiger partial charge in [0.2, 0.25) is 0 Å². The van der Waals surface area contributed by atoms with Crippen LogP contribution in [0.1, 0.15) is 11.1 Å². The molecule has 0 spiro atoms. The molecule has 0 aliphatic rings. The first-order chi connectivity index (χ1) is 6.26. The molecule has 0 saturated carbocycles. The predicted octanol–water partition coefficient (Wildman–Crippen LogP) is 2.56. The summed E-state index contributed by atoms with van der Waals surface area (Å²) in [6.45, 7) is 0.903. The van der Waals surface area contributed by atoms with E-state index in [0.29, 0.717) is 13.1 Å². The van der Waals surface area contributed by atoms with Gasteiger partial charge >= 0.3 is 0 Å². The summed E-state index contributed by atoms with van der Waals surface area (Å²) in [5.41, 5.74) is 15.7. The maximum Gasteiger partial charge on any atom is 0.0511 e. The molecular formula is C8H9IN4. The Kier molecular flexibility index (Phi) is 4.01. The van der Waals surface area contributed by atoms with E-state index in [1.807, 2.05) is 18.2 Å². The number of nitrogens with zero attached hydrogens (tertiary/aromatic N) is 3. The summed E-state index contributed by atoms with van der Waals surface area (Å²) >= 11 is 2.22. The Labute approximate surface area is 89.9 Å². The van der Waals surface area contributed by atoms with E-state index in [1.165, 1.54) is 0 Å². The summed E-state index contributed by atoms with van der Waals surface area (Å²) in [7, 11) is 0. The van der Waals surface area contributed by atoms with Crippen LogP contribution >= 0.6 is 22.6 Å². The molecule has 1 rings (SSSR count). The highest BCUT2D eigenvalue weighted by Crippen LogP contribution is 2.13. The highest BCUT2D eigenvalue weighted by atomic mass is 127. The van der Waals surface area contributed by atoms with Crippen LogP contribution < -0.4 is 5.73 Å². The van der Waals surface area contributed by atoms with Crippen molar-refractivity contribution >= 4 is 22.6 Å². The molecule has 2 N–H and O–H groups in total. The van der Waals surface area contributed by atoms with Gasteiger partial charge in [0.25, 0.3) is 0 Å². The van der Waals surface area contributed by atoms with E-state index in [9.17, 15) is 0 Å². The van der Waals surface area contributed by atoms with E-state index in [0.717, 1.165) is 14.7 Å². The molecule has 1 aromatic rings. The Hall–Kier alpha value is -0.780. The number of azide groups is 1. The molecule has 0 bridgehead atoms. The fourth-order valence-electron chi connectivity index (χ4n) is 1.04. The molecule has 5 heteroatoms. The lowest BCUT2D eigenvalue weighted by Crippen LogP contribution is -1.97. The molecule has 0 aromatic heterocycles. The van der Waals surface area contributed by atoms with Gasteiger partial charge in [-0.15, -0.1) is 0 Å². The summed E-state index contributed by atoms with van der Waals surface area (Å²) < 4.78 is 1.11. The first kappa shape index (κ1) is 10.3. The lowest BCUT2D eigenvalue weighted by Gasteiger charge is -2.01. The summed E-state index contributed by atoms with van der Waals surface area (Å²) in [4.78, 5) is 2.71. The largest absolute Gasteiger partial charge is 0.326 e. The average Bonchev–Trinajstić information content (AvgIpc) is 2.14. The van der Waals surface area contributed by atoms with Crippen molar-refractivity contribution in [2.45, 2.75) is 13.1 Å². The number of nitrogens with two attached hydrogens (primary N) is 1. The lowest BCUT2D eigenvalue weighted by molar-refractivity contribution is 1.01. The molecule has 1 aromatic carbocycles. The predicted molar refractivity (Wildman–Crippen MR) is 59.9 cm³/mol. The Balaban J connectivity index is 2.93. The van der Waals surface area contributed by atoms with Crippen molar-refractivity contribution < 1.29 is 0 Å². The van der Waals surface area contributed by atoms with Crippen molar-refractivity contribution in [3.8, 4) is 0 Å². The topological polar surface area (TPSA) is 74.8 Å². The number of rotatable bonds is 3. The van der Waals surface area contributed by atoms with Crippen LogP contribution in [0, 0.1) is 3.57 Å². The van der Waals surface area contributed by atoms with Gasteiger partial charge in [-0.3, -0.25) is 0 Å². The molecule has 13 heavy (non-hydrogen) atoms. The van der Waals surface area contributed by atoms with E-state index in [1.54, 1.807) is 0 Å². The van der Waals surface area contributed by atoms with Crippen LogP contribution in [0.3, 0.4) is 0 Å². The molecule has 0 heterocycles. The van der Waals surface area contributed by atoms with Crippen molar-refractivity contribution in [2.75, 3.05) is 0 Å². The molecule has 0 aliphatic carbocycles. The lowest BCUT2D eigenvalue weighted by atomic mass is 10.1. The van der Waals surface area contributed by atoms with E-state index in [-0.39, 0.29) is 0 Å². The van der Waals surface area contributed by atoms with Crippen molar-refractivity contribution in [2.24, 2.45) is 10.8 Å². The van der Waals surface area contributed by atoms with Gasteiger partial charge in [0, 0.05) is 15.0 Å². The summed E-state index contributed by atoms with van der Waals surface area (Å²) in [5, 5.41) is 3.49. The van der Waals surface area contributed by atoms with Gasteiger partial charge in [-0.2, -0.15) is 0 Å². The second-order valence-corrected chi connectivity index (χ2v) is 3.81. The van der Waals surface area contributed by atoms with E-state index >= 15 is 0 Å². The molecular weight excluding hydrogens is 279 g/mol. The highest BCUT2D eigenvalue weighted by Gasteiger charge is 1.96. The fourth-order valence-corrected chi connectivity index (χ4v) is 1.84. The number of benzene rings is 1. The summed E-state index contributed by atoms with van der Waals surface area (Å²) in [6.07, 6.45) is 0. The third-order valence-electron chi connectivity index (χ3n) is 1.57. The van der Waals surface area contributed by atoms with Gasteiger partial charge in [-0.05, 0) is 51.4 Å². The minimum absolute atomic E-state index is 0.389. The summed E-state index contributed by atoms with van der Waals surface area (Å²) in [6, 6.07) is 5.95. The molecule has 0 radical (unpaired) electrons.